The summed E-state index contributed by atoms with van der Waals surface area (Å²) in [6.07, 6.45) is 1.31. The maximum absolute atomic E-state index is 11.9. The third-order valence-corrected chi connectivity index (χ3v) is 2.56. The number of carboxylic acid groups (broad SMARTS) is 1. The summed E-state index contributed by atoms with van der Waals surface area (Å²) in [6, 6.07) is 9.77. The summed E-state index contributed by atoms with van der Waals surface area (Å²) in [4.78, 5) is 26.5. The molecule has 2 aromatic rings. The molecule has 1 aromatic heterocycles. The minimum Gasteiger partial charge on any atom is -0.481 e. The smallest absolute Gasteiger partial charge is 0.307 e. The molecule has 0 unspecified atom stereocenters. The van der Waals surface area contributed by atoms with Crippen LogP contribution in [0.3, 0.4) is 0 Å². The van der Waals surface area contributed by atoms with Gasteiger partial charge in [-0.05, 0) is 29.8 Å². The van der Waals surface area contributed by atoms with E-state index in [9.17, 15) is 9.59 Å². The molecule has 0 saturated carbocycles. The Morgan fingerprint density at radius 2 is 2.05 bits per heavy atom. The maximum atomic E-state index is 11.9. The Labute approximate surface area is 115 Å². The molecule has 1 aromatic carbocycles. The number of amides is 1. The molecule has 6 nitrogen and oxygen atoms in total. The first-order chi connectivity index (χ1) is 9.54. The Kier molecular flexibility index (Phi) is 3.95. The van der Waals surface area contributed by atoms with E-state index in [2.05, 4.69) is 10.3 Å². The van der Waals surface area contributed by atoms with Crippen molar-refractivity contribution in [3.63, 3.8) is 0 Å². The summed E-state index contributed by atoms with van der Waals surface area (Å²) in [5, 5.41) is 11.4. The predicted octanol–water partition coefficient (Wildman–Crippen LogP) is 1.54. The van der Waals surface area contributed by atoms with Crippen LogP contribution in [0.15, 0.2) is 42.6 Å². The van der Waals surface area contributed by atoms with Gasteiger partial charge in [0.1, 0.15) is 5.69 Å². The molecule has 4 N–H and O–H groups in total. The fourth-order valence-electron chi connectivity index (χ4n) is 1.67. The van der Waals surface area contributed by atoms with Gasteiger partial charge in [-0.3, -0.25) is 9.59 Å². The summed E-state index contributed by atoms with van der Waals surface area (Å²) < 4.78 is 0. The molecule has 0 aliphatic rings. The molecule has 0 spiro atoms. The van der Waals surface area contributed by atoms with E-state index in [1.807, 2.05) is 0 Å². The fourth-order valence-corrected chi connectivity index (χ4v) is 1.67. The van der Waals surface area contributed by atoms with E-state index in [4.69, 9.17) is 10.8 Å². The van der Waals surface area contributed by atoms with Crippen molar-refractivity contribution in [2.75, 3.05) is 11.1 Å². The minimum atomic E-state index is -0.923. The number of anilines is 2. The number of aliphatic carboxylic acids is 1. The average molecular weight is 271 g/mol. The number of hydrogen-bond acceptors (Lipinski definition) is 4. The van der Waals surface area contributed by atoms with E-state index in [-0.39, 0.29) is 18.0 Å². The number of carbonyl (C=O) groups excluding carboxylic acids is 1. The van der Waals surface area contributed by atoms with Crippen LogP contribution in [-0.4, -0.2) is 22.0 Å². The maximum Gasteiger partial charge on any atom is 0.307 e. The SMILES string of the molecule is Nc1ccc(C(=O)Nc2cccc(CC(=O)O)c2)nc1. The lowest BCUT2D eigenvalue weighted by molar-refractivity contribution is -0.136. The summed E-state index contributed by atoms with van der Waals surface area (Å²) in [7, 11) is 0. The highest BCUT2D eigenvalue weighted by molar-refractivity contribution is 6.03. The highest BCUT2D eigenvalue weighted by Gasteiger charge is 2.08. The second-order valence-corrected chi connectivity index (χ2v) is 4.20. The van der Waals surface area contributed by atoms with Crippen LogP contribution >= 0.6 is 0 Å². The fraction of sp³-hybridized carbons (Fsp3) is 0.0714. The molecular formula is C14H13N3O3. The van der Waals surface area contributed by atoms with Gasteiger partial charge in [-0.15, -0.1) is 0 Å². The van der Waals surface area contributed by atoms with Gasteiger partial charge in [-0.25, -0.2) is 4.98 Å². The predicted molar refractivity (Wildman–Crippen MR) is 74.4 cm³/mol. The summed E-state index contributed by atoms with van der Waals surface area (Å²) >= 11 is 0. The number of pyridine rings is 1. The summed E-state index contributed by atoms with van der Waals surface area (Å²) in [5.74, 6) is -1.30. The largest absolute Gasteiger partial charge is 0.481 e. The second-order valence-electron chi connectivity index (χ2n) is 4.20. The van der Waals surface area contributed by atoms with Crippen LogP contribution < -0.4 is 11.1 Å². The molecule has 1 amide bonds. The van der Waals surface area contributed by atoms with Gasteiger partial charge in [-0.2, -0.15) is 0 Å². The van der Waals surface area contributed by atoms with Crippen molar-refractivity contribution < 1.29 is 14.7 Å². The Hall–Kier alpha value is -2.89. The number of carbonyl (C=O) groups is 2. The number of nitrogens with zero attached hydrogens (tertiary/aromatic N) is 1. The van der Waals surface area contributed by atoms with Crippen molar-refractivity contribution in [3.05, 3.63) is 53.9 Å². The number of hydrogen-bond donors (Lipinski definition) is 3. The molecule has 0 saturated heterocycles. The zero-order chi connectivity index (χ0) is 14.5. The van der Waals surface area contributed by atoms with Crippen LogP contribution in [0.25, 0.3) is 0 Å². The third kappa shape index (κ3) is 3.55. The lowest BCUT2D eigenvalue weighted by atomic mass is 10.1. The van der Waals surface area contributed by atoms with Crippen LogP contribution in [-0.2, 0) is 11.2 Å². The molecule has 0 bridgehead atoms. The number of nitrogen functional groups attached to an aromatic ring is 1. The number of nitrogens with one attached hydrogen (secondary N) is 1. The summed E-state index contributed by atoms with van der Waals surface area (Å²) in [5.41, 5.74) is 7.34. The van der Waals surface area contributed by atoms with E-state index in [0.717, 1.165) is 0 Å². The van der Waals surface area contributed by atoms with Gasteiger partial charge >= 0.3 is 5.97 Å². The van der Waals surface area contributed by atoms with Crippen molar-refractivity contribution in [1.82, 2.24) is 4.98 Å². The standard InChI is InChI=1S/C14H13N3O3/c15-10-4-5-12(16-8-10)14(20)17-11-3-1-2-9(6-11)7-13(18)19/h1-6,8H,7,15H2,(H,17,20)(H,18,19). The Morgan fingerprint density at radius 3 is 2.70 bits per heavy atom. The van der Waals surface area contributed by atoms with E-state index in [0.29, 0.717) is 16.9 Å². The van der Waals surface area contributed by atoms with Crippen molar-refractivity contribution in [2.24, 2.45) is 0 Å². The minimum absolute atomic E-state index is 0.0934. The lowest BCUT2D eigenvalue weighted by Crippen LogP contribution is -2.14. The quantitative estimate of drug-likeness (QED) is 0.782. The molecule has 0 aliphatic carbocycles. The van der Waals surface area contributed by atoms with Crippen molar-refractivity contribution in [2.45, 2.75) is 6.42 Å². The van der Waals surface area contributed by atoms with Gasteiger partial charge in [0, 0.05) is 5.69 Å². The number of rotatable bonds is 4. The Morgan fingerprint density at radius 1 is 1.25 bits per heavy atom. The van der Waals surface area contributed by atoms with Crippen molar-refractivity contribution in [3.8, 4) is 0 Å². The number of carboxylic acids is 1. The molecule has 0 fully saturated rings. The zero-order valence-electron chi connectivity index (χ0n) is 10.5. The van der Waals surface area contributed by atoms with Gasteiger partial charge in [0.15, 0.2) is 0 Å². The zero-order valence-corrected chi connectivity index (χ0v) is 10.5. The van der Waals surface area contributed by atoms with E-state index >= 15 is 0 Å². The van der Waals surface area contributed by atoms with Crippen molar-refractivity contribution in [1.29, 1.82) is 0 Å². The summed E-state index contributed by atoms with van der Waals surface area (Å²) in [6.45, 7) is 0. The topological polar surface area (TPSA) is 105 Å². The molecule has 2 rings (SSSR count). The number of nitrogens with two attached hydrogens (primary N) is 1. The molecular weight excluding hydrogens is 258 g/mol. The van der Waals surface area contributed by atoms with E-state index in [1.165, 1.54) is 12.3 Å². The number of benzene rings is 1. The second kappa shape index (κ2) is 5.83. The monoisotopic (exact) mass is 271 g/mol. The molecule has 1 heterocycles. The first-order valence-corrected chi connectivity index (χ1v) is 5.88. The molecule has 20 heavy (non-hydrogen) atoms. The van der Waals surface area contributed by atoms with Crippen LogP contribution in [0, 0.1) is 0 Å². The third-order valence-electron chi connectivity index (χ3n) is 2.56. The first-order valence-electron chi connectivity index (χ1n) is 5.88. The molecule has 0 aliphatic heterocycles. The average Bonchev–Trinajstić information content (AvgIpc) is 2.39. The normalized spacial score (nSPS) is 10.0. The highest BCUT2D eigenvalue weighted by Crippen LogP contribution is 2.12. The van der Waals surface area contributed by atoms with Gasteiger partial charge in [0.25, 0.3) is 5.91 Å². The first kappa shape index (κ1) is 13.5. The van der Waals surface area contributed by atoms with Crippen LogP contribution in [0.5, 0.6) is 0 Å². The van der Waals surface area contributed by atoms with Crippen LogP contribution in [0.4, 0.5) is 11.4 Å². The molecule has 6 heteroatoms. The Bertz CT molecular complexity index is 638. The highest BCUT2D eigenvalue weighted by atomic mass is 16.4. The molecule has 0 radical (unpaired) electrons. The Balaban J connectivity index is 2.11. The molecule has 0 atom stereocenters. The van der Waals surface area contributed by atoms with Gasteiger partial charge < -0.3 is 16.2 Å². The van der Waals surface area contributed by atoms with Crippen LogP contribution in [0.1, 0.15) is 16.1 Å². The van der Waals surface area contributed by atoms with Crippen molar-refractivity contribution >= 4 is 23.3 Å². The van der Waals surface area contributed by atoms with Gasteiger partial charge in [-0.1, -0.05) is 12.1 Å². The molecule has 102 valence electrons. The van der Waals surface area contributed by atoms with Gasteiger partial charge in [0.2, 0.25) is 0 Å². The lowest BCUT2D eigenvalue weighted by Gasteiger charge is -2.06. The van der Waals surface area contributed by atoms with Crippen LogP contribution in [0.2, 0.25) is 0 Å². The van der Waals surface area contributed by atoms with E-state index in [1.54, 1.807) is 30.3 Å². The number of aromatic nitrogens is 1. The van der Waals surface area contributed by atoms with Gasteiger partial charge in [0.05, 0.1) is 18.3 Å². The van der Waals surface area contributed by atoms with E-state index < -0.39 is 5.97 Å².